The Kier molecular flexibility index (Phi) is 3.56. The summed E-state index contributed by atoms with van der Waals surface area (Å²) in [6, 6.07) is 9.99. The van der Waals surface area contributed by atoms with E-state index in [1.54, 1.807) is 0 Å². The van der Waals surface area contributed by atoms with Gasteiger partial charge in [0.15, 0.2) is 0 Å². The number of alkyl halides is 1. The summed E-state index contributed by atoms with van der Waals surface area (Å²) < 4.78 is 0. The van der Waals surface area contributed by atoms with Gasteiger partial charge < -0.3 is 0 Å². The van der Waals surface area contributed by atoms with Crippen LogP contribution in [0.5, 0.6) is 0 Å². The summed E-state index contributed by atoms with van der Waals surface area (Å²) in [5.41, 5.74) is 0.991. The molecule has 1 atom stereocenters. The van der Waals surface area contributed by atoms with Crippen molar-refractivity contribution in [3.8, 4) is 0 Å². The van der Waals surface area contributed by atoms with Gasteiger partial charge in [0, 0.05) is 6.21 Å². The number of aliphatic imine (C=N–C) groups is 1. The fourth-order valence-corrected chi connectivity index (χ4v) is 1.33. The number of benzene rings is 1. The molecule has 82 valence electrons. The minimum atomic E-state index is -0.519. The molecule has 0 heterocycles. The second-order valence-electron chi connectivity index (χ2n) is 4.87. The fourth-order valence-electron chi connectivity index (χ4n) is 1.15. The SMILES string of the molecule is CC(C)(C)N=CC(C)(Cl)c1ccccc1. The monoisotopic (exact) mass is 223 g/mol. The van der Waals surface area contributed by atoms with Gasteiger partial charge in [0.05, 0.1) is 5.54 Å². The topological polar surface area (TPSA) is 12.4 Å². The van der Waals surface area contributed by atoms with Gasteiger partial charge in [-0.05, 0) is 33.3 Å². The summed E-state index contributed by atoms with van der Waals surface area (Å²) in [6.07, 6.45) is 1.82. The maximum Gasteiger partial charge on any atom is 0.101 e. The molecule has 0 aliphatic rings. The maximum atomic E-state index is 6.42. The Balaban J connectivity index is 2.90. The summed E-state index contributed by atoms with van der Waals surface area (Å²) >= 11 is 6.42. The van der Waals surface area contributed by atoms with E-state index in [0.717, 1.165) is 5.56 Å². The Morgan fingerprint density at radius 2 is 1.60 bits per heavy atom. The van der Waals surface area contributed by atoms with Crippen LogP contribution in [0.15, 0.2) is 35.3 Å². The molecule has 1 aromatic carbocycles. The van der Waals surface area contributed by atoms with Gasteiger partial charge in [-0.3, -0.25) is 4.99 Å². The van der Waals surface area contributed by atoms with Crippen LogP contribution in [-0.4, -0.2) is 11.8 Å². The predicted molar refractivity (Wildman–Crippen MR) is 67.9 cm³/mol. The van der Waals surface area contributed by atoms with Crippen LogP contribution in [0.3, 0.4) is 0 Å². The molecule has 15 heavy (non-hydrogen) atoms. The molecule has 1 unspecified atom stereocenters. The minimum absolute atomic E-state index is 0.0784. The van der Waals surface area contributed by atoms with E-state index < -0.39 is 4.87 Å². The molecule has 0 aliphatic heterocycles. The molecule has 1 nitrogen and oxygen atoms in total. The first-order chi connectivity index (χ1) is 6.81. The Bertz CT molecular complexity index is 333. The molecule has 0 saturated heterocycles. The first-order valence-electron chi connectivity index (χ1n) is 5.12. The smallest absolute Gasteiger partial charge is 0.101 e. The van der Waals surface area contributed by atoms with Crippen molar-refractivity contribution in [1.82, 2.24) is 0 Å². The number of rotatable bonds is 2. The van der Waals surface area contributed by atoms with E-state index in [1.165, 1.54) is 0 Å². The lowest BCUT2D eigenvalue weighted by atomic mass is 10.0. The zero-order valence-corrected chi connectivity index (χ0v) is 10.5. The Morgan fingerprint density at radius 3 is 2.07 bits per heavy atom. The van der Waals surface area contributed by atoms with Crippen molar-refractivity contribution in [1.29, 1.82) is 0 Å². The highest BCUT2D eigenvalue weighted by atomic mass is 35.5. The summed E-state index contributed by atoms with van der Waals surface area (Å²) in [7, 11) is 0. The van der Waals surface area contributed by atoms with Crippen molar-refractivity contribution in [3.63, 3.8) is 0 Å². The first kappa shape index (κ1) is 12.3. The summed E-state index contributed by atoms with van der Waals surface area (Å²) in [6.45, 7) is 8.13. The van der Waals surface area contributed by atoms with Gasteiger partial charge in [-0.25, -0.2) is 0 Å². The molecule has 0 amide bonds. The van der Waals surface area contributed by atoms with Crippen LogP contribution in [0.4, 0.5) is 0 Å². The van der Waals surface area contributed by atoms with Crippen LogP contribution >= 0.6 is 11.6 Å². The molecule has 0 aromatic heterocycles. The van der Waals surface area contributed by atoms with Crippen molar-refractivity contribution in [2.24, 2.45) is 4.99 Å². The summed E-state index contributed by atoms with van der Waals surface area (Å²) in [4.78, 5) is 3.93. The molecule has 0 bridgehead atoms. The van der Waals surface area contributed by atoms with E-state index in [0.29, 0.717) is 0 Å². The van der Waals surface area contributed by atoms with Gasteiger partial charge in [-0.15, -0.1) is 11.6 Å². The van der Waals surface area contributed by atoms with Gasteiger partial charge in [0.1, 0.15) is 4.87 Å². The van der Waals surface area contributed by atoms with Gasteiger partial charge >= 0.3 is 0 Å². The van der Waals surface area contributed by atoms with Crippen molar-refractivity contribution < 1.29 is 0 Å². The number of hydrogen-bond donors (Lipinski definition) is 0. The average Bonchev–Trinajstić information content (AvgIpc) is 2.16. The van der Waals surface area contributed by atoms with E-state index in [2.05, 4.69) is 25.8 Å². The Labute approximate surface area is 97.2 Å². The van der Waals surface area contributed by atoms with Crippen molar-refractivity contribution in [3.05, 3.63) is 35.9 Å². The standard InChI is InChI=1S/C13H18ClN/c1-12(2,3)15-10-13(4,14)11-8-6-5-7-9-11/h5-10H,1-4H3. The molecule has 0 radical (unpaired) electrons. The number of hydrogen-bond acceptors (Lipinski definition) is 1. The predicted octanol–water partition coefficient (Wildman–Crippen LogP) is 4.01. The van der Waals surface area contributed by atoms with E-state index in [4.69, 9.17) is 11.6 Å². The van der Waals surface area contributed by atoms with Gasteiger partial charge in [0.25, 0.3) is 0 Å². The highest BCUT2D eigenvalue weighted by molar-refractivity contribution is 6.31. The van der Waals surface area contributed by atoms with Gasteiger partial charge in [0.2, 0.25) is 0 Å². The minimum Gasteiger partial charge on any atom is -0.290 e. The van der Waals surface area contributed by atoms with E-state index >= 15 is 0 Å². The van der Waals surface area contributed by atoms with E-state index in [1.807, 2.05) is 43.5 Å². The molecule has 0 saturated carbocycles. The van der Waals surface area contributed by atoms with Crippen molar-refractivity contribution in [2.75, 3.05) is 0 Å². The Morgan fingerprint density at radius 1 is 1.07 bits per heavy atom. The van der Waals surface area contributed by atoms with Crippen LogP contribution in [0.2, 0.25) is 0 Å². The molecule has 1 aromatic rings. The second-order valence-corrected chi connectivity index (χ2v) is 5.66. The van der Waals surface area contributed by atoms with Crippen molar-refractivity contribution in [2.45, 2.75) is 38.1 Å². The van der Waals surface area contributed by atoms with Crippen LogP contribution in [-0.2, 0) is 4.87 Å². The van der Waals surface area contributed by atoms with Crippen LogP contribution in [0.1, 0.15) is 33.3 Å². The van der Waals surface area contributed by atoms with Gasteiger partial charge in [-0.2, -0.15) is 0 Å². The lowest BCUT2D eigenvalue weighted by Gasteiger charge is -2.20. The highest BCUT2D eigenvalue weighted by Crippen LogP contribution is 2.26. The van der Waals surface area contributed by atoms with Gasteiger partial charge in [-0.1, -0.05) is 30.3 Å². The molecule has 2 heteroatoms. The zero-order valence-electron chi connectivity index (χ0n) is 9.79. The van der Waals surface area contributed by atoms with Crippen LogP contribution in [0, 0.1) is 0 Å². The molecule has 0 spiro atoms. The van der Waals surface area contributed by atoms with Crippen LogP contribution < -0.4 is 0 Å². The largest absolute Gasteiger partial charge is 0.290 e. The van der Waals surface area contributed by atoms with Crippen molar-refractivity contribution >= 4 is 17.8 Å². The van der Waals surface area contributed by atoms with Crippen LogP contribution in [0.25, 0.3) is 0 Å². The fraction of sp³-hybridized carbons (Fsp3) is 0.462. The summed E-state index contributed by atoms with van der Waals surface area (Å²) in [5, 5.41) is 0. The maximum absolute atomic E-state index is 6.42. The molecular weight excluding hydrogens is 206 g/mol. The lowest BCUT2D eigenvalue weighted by Crippen LogP contribution is -2.19. The van der Waals surface area contributed by atoms with E-state index in [9.17, 15) is 0 Å². The first-order valence-corrected chi connectivity index (χ1v) is 5.50. The molecular formula is C13H18ClN. The second kappa shape index (κ2) is 4.36. The average molecular weight is 224 g/mol. The number of halogens is 1. The highest BCUT2D eigenvalue weighted by Gasteiger charge is 2.21. The third-order valence-electron chi connectivity index (χ3n) is 2.03. The molecule has 1 rings (SSSR count). The number of nitrogens with zero attached hydrogens (tertiary/aromatic N) is 1. The normalized spacial score (nSPS) is 16.6. The Hall–Kier alpha value is -0.820. The quantitative estimate of drug-likeness (QED) is 0.531. The molecule has 0 fully saturated rings. The third-order valence-corrected chi connectivity index (χ3v) is 2.35. The zero-order chi connectivity index (χ0) is 11.5. The van der Waals surface area contributed by atoms with E-state index in [-0.39, 0.29) is 5.54 Å². The lowest BCUT2D eigenvalue weighted by molar-refractivity contribution is 0.582. The molecule has 0 aliphatic carbocycles. The molecule has 0 N–H and O–H groups in total. The summed E-state index contributed by atoms with van der Waals surface area (Å²) in [5.74, 6) is 0. The third kappa shape index (κ3) is 4.05.